The Balaban J connectivity index is 1.47. The summed E-state index contributed by atoms with van der Waals surface area (Å²) < 4.78 is 2.71. The first kappa shape index (κ1) is 34.6. The lowest BCUT2D eigenvalue weighted by Gasteiger charge is -2.54. The average Bonchev–Trinajstić information content (AvgIpc) is 3.41. The third-order valence-electron chi connectivity index (χ3n) is 9.47. The molecule has 0 spiro atoms. The number of amides is 4. The summed E-state index contributed by atoms with van der Waals surface area (Å²) in [4.78, 5) is 81.3. The van der Waals surface area contributed by atoms with Crippen LogP contribution in [0, 0.1) is 17.3 Å². The third kappa shape index (κ3) is 8.29. The lowest BCUT2D eigenvalue weighted by Crippen LogP contribution is -2.59. The number of pyridine rings is 1. The summed E-state index contributed by atoms with van der Waals surface area (Å²) in [6.07, 6.45) is 9.87. The Morgan fingerprint density at radius 1 is 1.13 bits per heavy atom. The molecule has 2 bridgehead atoms. The number of aryl methyl sites for hydroxylation is 1. The van der Waals surface area contributed by atoms with Gasteiger partial charge in [-0.05, 0) is 74.8 Å². The van der Waals surface area contributed by atoms with E-state index in [0.717, 1.165) is 38.5 Å². The highest BCUT2D eigenvalue weighted by atomic mass is 16.2. The summed E-state index contributed by atoms with van der Waals surface area (Å²) in [5, 5.41) is 10.9. The van der Waals surface area contributed by atoms with Gasteiger partial charge in [0.1, 0.15) is 24.0 Å². The van der Waals surface area contributed by atoms with Gasteiger partial charge in [0, 0.05) is 31.7 Å². The predicted molar refractivity (Wildman–Crippen MR) is 172 cm³/mol. The maximum atomic E-state index is 13.4. The number of ketones is 1. The molecule has 4 unspecified atom stereocenters. The normalized spacial score (nSPS) is 24.4. The molecule has 5 atom stereocenters. The molecule has 2 aromatic heterocycles. The second-order valence-corrected chi connectivity index (χ2v) is 13.6. The number of fused-ring (bicyclic) bond motifs is 2. The van der Waals surface area contributed by atoms with Gasteiger partial charge in [-0.15, -0.1) is 0 Å². The standard InChI is InChI=1S/C33H47N7O6/c1-6-32(4)15-22-13-21(3)14-33(16-22,19-32)38-27(42)18-40-12-8-9-24(31(40)46)37-28(43)23(10-11-26(41)30(45)35-7-2)36-29(44)25-17-34-20-39(25)5/h8-9,12,17,20-23H,6-7,10-11,13-16,18-19H2,1-5H3,(H,35,45)(H,36,44)(H,37,43)(H,38,42)/t21?,22?,23-,32?,33?/m0/s1. The number of carbonyl (C=O) groups excluding carboxylic acids is 5. The zero-order valence-electron chi connectivity index (χ0n) is 27.5. The van der Waals surface area contributed by atoms with Gasteiger partial charge in [0.25, 0.3) is 17.4 Å². The minimum atomic E-state index is -1.25. The van der Waals surface area contributed by atoms with E-state index in [0.29, 0.717) is 11.8 Å². The molecule has 2 fully saturated rings. The van der Waals surface area contributed by atoms with Gasteiger partial charge in [0.05, 0.1) is 12.5 Å². The highest BCUT2D eigenvalue weighted by Crippen LogP contribution is 2.53. The molecule has 0 saturated heterocycles. The molecule has 2 aliphatic rings. The second kappa shape index (κ2) is 14.4. The number of imidazole rings is 1. The van der Waals surface area contributed by atoms with Crippen LogP contribution in [-0.2, 0) is 32.8 Å². The Morgan fingerprint density at radius 2 is 1.89 bits per heavy atom. The number of anilines is 1. The maximum Gasteiger partial charge on any atom is 0.287 e. The number of nitrogens with zero attached hydrogens (tertiary/aromatic N) is 3. The van der Waals surface area contributed by atoms with Crippen LogP contribution in [0.2, 0.25) is 0 Å². The molecule has 13 heteroatoms. The Labute approximate surface area is 269 Å². The van der Waals surface area contributed by atoms with Crippen LogP contribution in [0.25, 0.3) is 0 Å². The van der Waals surface area contributed by atoms with Crippen LogP contribution < -0.4 is 26.8 Å². The number of Topliss-reactive ketones (excluding diaryl/α,β-unsaturated/α-hetero) is 1. The van der Waals surface area contributed by atoms with Crippen molar-refractivity contribution in [1.82, 2.24) is 30.1 Å². The van der Waals surface area contributed by atoms with E-state index in [1.165, 1.54) is 33.9 Å². The first-order chi connectivity index (χ1) is 21.8. The van der Waals surface area contributed by atoms with Crippen molar-refractivity contribution in [3.05, 3.63) is 46.9 Å². The first-order valence-corrected chi connectivity index (χ1v) is 16.2. The number of nitrogens with one attached hydrogen (secondary N) is 4. The molecule has 4 N–H and O–H groups in total. The topological polar surface area (TPSA) is 173 Å². The van der Waals surface area contributed by atoms with Crippen molar-refractivity contribution in [1.29, 1.82) is 0 Å². The van der Waals surface area contributed by atoms with Crippen molar-refractivity contribution in [2.75, 3.05) is 11.9 Å². The van der Waals surface area contributed by atoms with E-state index in [1.54, 1.807) is 20.0 Å². The van der Waals surface area contributed by atoms with Crippen molar-refractivity contribution >= 4 is 35.1 Å². The lowest BCUT2D eigenvalue weighted by molar-refractivity contribution is -0.138. The van der Waals surface area contributed by atoms with E-state index < -0.39 is 35.1 Å². The lowest BCUT2D eigenvalue weighted by atomic mass is 9.55. The quantitative estimate of drug-likeness (QED) is 0.244. The van der Waals surface area contributed by atoms with E-state index in [1.807, 2.05) is 0 Å². The molecule has 4 amide bonds. The number of hydrogen-bond donors (Lipinski definition) is 4. The highest BCUT2D eigenvalue weighted by molar-refractivity contribution is 6.36. The molecule has 0 aromatic carbocycles. The second-order valence-electron chi connectivity index (χ2n) is 13.6. The van der Waals surface area contributed by atoms with E-state index in [9.17, 15) is 28.8 Å². The molecule has 2 saturated carbocycles. The monoisotopic (exact) mass is 637 g/mol. The zero-order chi connectivity index (χ0) is 33.6. The van der Waals surface area contributed by atoms with Crippen LogP contribution in [0.1, 0.15) is 89.5 Å². The van der Waals surface area contributed by atoms with Gasteiger partial charge in [-0.1, -0.05) is 27.2 Å². The fraction of sp³-hybridized carbons (Fsp3) is 0.606. The fourth-order valence-electron chi connectivity index (χ4n) is 7.53. The van der Waals surface area contributed by atoms with Crippen LogP contribution in [0.5, 0.6) is 0 Å². The minimum absolute atomic E-state index is 0.0872. The van der Waals surface area contributed by atoms with E-state index in [-0.39, 0.29) is 54.2 Å². The van der Waals surface area contributed by atoms with Crippen LogP contribution in [-0.4, -0.2) is 61.7 Å². The summed E-state index contributed by atoms with van der Waals surface area (Å²) >= 11 is 0. The molecule has 13 nitrogen and oxygen atoms in total. The van der Waals surface area contributed by atoms with Crippen molar-refractivity contribution < 1.29 is 24.0 Å². The minimum Gasteiger partial charge on any atom is -0.350 e. The largest absolute Gasteiger partial charge is 0.350 e. The van der Waals surface area contributed by atoms with Gasteiger partial charge in [0.2, 0.25) is 17.6 Å². The van der Waals surface area contributed by atoms with Gasteiger partial charge in [-0.25, -0.2) is 4.98 Å². The molecular formula is C33H47N7O6. The van der Waals surface area contributed by atoms with Crippen molar-refractivity contribution in [2.24, 2.45) is 24.3 Å². The van der Waals surface area contributed by atoms with Crippen LogP contribution in [0.15, 0.2) is 35.6 Å². The number of hydrogen-bond acceptors (Lipinski definition) is 7. The van der Waals surface area contributed by atoms with Gasteiger partial charge in [-0.3, -0.25) is 28.8 Å². The first-order valence-electron chi connectivity index (χ1n) is 16.2. The Kier molecular flexibility index (Phi) is 10.8. The van der Waals surface area contributed by atoms with Gasteiger partial charge < -0.3 is 30.4 Å². The fourth-order valence-corrected chi connectivity index (χ4v) is 7.53. The Hall–Kier alpha value is -4.29. The number of carbonyl (C=O) groups is 5. The zero-order valence-corrected chi connectivity index (χ0v) is 27.5. The molecular weight excluding hydrogens is 590 g/mol. The number of aromatic nitrogens is 3. The summed E-state index contributed by atoms with van der Waals surface area (Å²) in [5.74, 6) is -2.08. The predicted octanol–water partition coefficient (Wildman–Crippen LogP) is 2.31. The molecule has 0 aliphatic heterocycles. The van der Waals surface area contributed by atoms with Crippen LogP contribution in [0.4, 0.5) is 5.69 Å². The molecule has 250 valence electrons. The summed E-state index contributed by atoms with van der Waals surface area (Å²) in [7, 11) is 1.61. The smallest absolute Gasteiger partial charge is 0.287 e. The van der Waals surface area contributed by atoms with Crippen LogP contribution in [0.3, 0.4) is 0 Å². The SMILES string of the molecule is CCNC(=O)C(=O)CC[C@H](NC(=O)c1cncn1C)C(=O)Nc1cccn(CC(=O)NC23CC(C)CC(CC(C)(CC)C2)C3)c1=O. The summed E-state index contributed by atoms with van der Waals surface area (Å²) in [5.41, 5.74) is -0.643. The average molecular weight is 638 g/mol. The molecule has 4 rings (SSSR count). The summed E-state index contributed by atoms with van der Waals surface area (Å²) in [6.45, 7) is 8.47. The highest BCUT2D eigenvalue weighted by Gasteiger charge is 2.49. The summed E-state index contributed by atoms with van der Waals surface area (Å²) in [6, 6.07) is 1.71. The molecule has 46 heavy (non-hydrogen) atoms. The third-order valence-corrected chi connectivity index (χ3v) is 9.47. The van der Waals surface area contributed by atoms with Crippen molar-refractivity contribution in [2.45, 2.75) is 97.2 Å². The number of likely N-dealkylation sites (N-methyl/N-ethyl adjacent to an activating group) is 1. The number of rotatable bonds is 13. The molecule has 2 heterocycles. The Bertz CT molecular complexity index is 1530. The van der Waals surface area contributed by atoms with Gasteiger partial charge in [0.15, 0.2) is 0 Å². The van der Waals surface area contributed by atoms with Crippen molar-refractivity contribution in [3.63, 3.8) is 0 Å². The van der Waals surface area contributed by atoms with Crippen LogP contribution >= 0.6 is 0 Å². The van der Waals surface area contributed by atoms with Crippen molar-refractivity contribution in [3.8, 4) is 0 Å². The van der Waals surface area contributed by atoms with E-state index in [2.05, 4.69) is 47.0 Å². The van der Waals surface area contributed by atoms with Gasteiger partial charge >= 0.3 is 0 Å². The Morgan fingerprint density at radius 3 is 2.57 bits per heavy atom. The maximum absolute atomic E-state index is 13.4. The van der Waals surface area contributed by atoms with E-state index in [4.69, 9.17) is 0 Å². The molecule has 2 aliphatic carbocycles. The van der Waals surface area contributed by atoms with Gasteiger partial charge in [-0.2, -0.15) is 0 Å². The molecule has 0 radical (unpaired) electrons. The van der Waals surface area contributed by atoms with E-state index >= 15 is 0 Å². The molecule has 2 aromatic rings.